The highest BCUT2D eigenvalue weighted by Gasteiger charge is 2.26. The molecule has 0 atom stereocenters. The lowest BCUT2D eigenvalue weighted by atomic mass is 10.2. The topological polar surface area (TPSA) is 87.3 Å². The van der Waals surface area contributed by atoms with Gasteiger partial charge in [0, 0.05) is 22.3 Å². The third-order valence-corrected chi connectivity index (χ3v) is 4.01. The Bertz CT molecular complexity index is 628. The van der Waals surface area contributed by atoms with Crippen LogP contribution in [0, 0.1) is 0 Å². The van der Waals surface area contributed by atoms with Crippen molar-refractivity contribution in [2.75, 3.05) is 10.0 Å². The Morgan fingerprint density at radius 1 is 1.42 bits per heavy atom. The van der Waals surface area contributed by atoms with Gasteiger partial charge in [0.15, 0.2) is 0 Å². The molecule has 1 aromatic carbocycles. The van der Waals surface area contributed by atoms with E-state index in [1.54, 1.807) is 6.07 Å². The number of amides is 2. The minimum absolute atomic E-state index is 0.00315. The van der Waals surface area contributed by atoms with Crippen LogP contribution in [0.25, 0.3) is 0 Å². The summed E-state index contributed by atoms with van der Waals surface area (Å²) in [5.41, 5.74) is 1.37. The van der Waals surface area contributed by atoms with Gasteiger partial charge in [0.05, 0.1) is 11.4 Å². The summed E-state index contributed by atoms with van der Waals surface area (Å²) in [6.07, 6.45) is 0. The van der Waals surface area contributed by atoms with Gasteiger partial charge in [-0.2, -0.15) is 0 Å². The van der Waals surface area contributed by atoms with Crippen molar-refractivity contribution in [3.8, 4) is 0 Å². The lowest BCUT2D eigenvalue weighted by molar-refractivity contribution is 0.250. The number of hydrogen-bond acceptors (Lipinski definition) is 3. The van der Waals surface area contributed by atoms with Crippen molar-refractivity contribution in [1.82, 2.24) is 5.32 Å². The monoisotopic (exact) mass is 303 g/mol. The number of carbonyl (C=O) groups is 1. The summed E-state index contributed by atoms with van der Waals surface area (Å²) in [6, 6.07) is 2.71. The van der Waals surface area contributed by atoms with E-state index in [1.807, 2.05) is 13.8 Å². The highest BCUT2D eigenvalue weighted by atomic mass is 35.5. The molecule has 8 heteroatoms. The largest absolute Gasteiger partial charge is 0.336 e. The first-order valence-electron chi connectivity index (χ1n) is 5.67. The summed E-state index contributed by atoms with van der Waals surface area (Å²) in [7, 11) is -3.35. The van der Waals surface area contributed by atoms with Crippen LogP contribution in [0.1, 0.15) is 19.4 Å². The summed E-state index contributed by atoms with van der Waals surface area (Å²) >= 11 is 6.02. The smallest absolute Gasteiger partial charge is 0.319 e. The third-order valence-electron chi connectivity index (χ3n) is 2.47. The molecule has 1 heterocycles. The number of sulfonamides is 1. The zero-order chi connectivity index (χ0) is 14.2. The fraction of sp³-hybridized carbons (Fsp3) is 0.364. The van der Waals surface area contributed by atoms with Gasteiger partial charge in [-0.1, -0.05) is 11.6 Å². The number of benzene rings is 1. The second kappa shape index (κ2) is 4.90. The standard InChI is InChI=1S/C11H14ClN3O3S/c1-6(2)13-11(16)14-7-3-9(12)8-5-19(17,18)15-10(8)4-7/h3-4,6,15H,5H2,1-2H3,(H2,13,14,16). The molecule has 104 valence electrons. The molecule has 1 aliphatic heterocycles. The number of hydrogen-bond donors (Lipinski definition) is 3. The van der Waals surface area contributed by atoms with Gasteiger partial charge in [0.2, 0.25) is 10.0 Å². The average molecular weight is 304 g/mol. The summed E-state index contributed by atoms with van der Waals surface area (Å²) in [5.74, 6) is -0.139. The quantitative estimate of drug-likeness (QED) is 0.782. The Hall–Kier alpha value is -1.47. The molecule has 0 saturated carbocycles. The van der Waals surface area contributed by atoms with E-state index in [0.717, 1.165) is 0 Å². The molecule has 0 aliphatic carbocycles. The number of anilines is 2. The van der Waals surface area contributed by atoms with Crippen molar-refractivity contribution in [3.63, 3.8) is 0 Å². The molecule has 0 radical (unpaired) electrons. The van der Waals surface area contributed by atoms with Gasteiger partial charge in [0.1, 0.15) is 0 Å². The summed E-state index contributed by atoms with van der Waals surface area (Å²) in [5, 5.41) is 5.58. The first-order chi connectivity index (χ1) is 8.77. The van der Waals surface area contributed by atoms with Gasteiger partial charge in [0.25, 0.3) is 0 Å². The van der Waals surface area contributed by atoms with Crippen molar-refractivity contribution < 1.29 is 13.2 Å². The van der Waals surface area contributed by atoms with Crippen LogP contribution in [-0.2, 0) is 15.8 Å². The summed E-state index contributed by atoms with van der Waals surface area (Å²) in [4.78, 5) is 11.6. The molecule has 0 spiro atoms. The molecule has 2 amide bonds. The maximum Gasteiger partial charge on any atom is 0.319 e. The molecule has 1 aromatic rings. The molecule has 0 unspecified atom stereocenters. The van der Waals surface area contributed by atoms with E-state index >= 15 is 0 Å². The normalized spacial score (nSPS) is 15.8. The van der Waals surface area contributed by atoms with Crippen LogP contribution >= 0.6 is 11.6 Å². The first-order valence-corrected chi connectivity index (χ1v) is 7.70. The lowest BCUT2D eigenvalue weighted by Gasteiger charge is -2.11. The second-order valence-corrected chi connectivity index (χ2v) is 6.73. The minimum Gasteiger partial charge on any atom is -0.336 e. The van der Waals surface area contributed by atoms with Gasteiger partial charge < -0.3 is 10.6 Å². The maximum absolute atomic E-state index is 11.6. The second-order valence-electron chi connectivity index (χ2n) is 4.60. The zero-order valence-corrected chi connectivity index (χ0v) is 12.0. The van der Waals surface area contributed by atoms with Crippen molar-refractivity contribution in [2.45, 2.75) is 25.6 Å². The number of urea groups is 1. The molecule has 0 fully saturated rings. The molecule has 0 aromatic heterocycles. The number of rotatable bonds is 2. The first kappa shape index (κ1) is 14.0. The molecule has 19 heavy (non-hydrogen) atoms. The van der Waals surface area contributed by atoms with Gasteiger partial charge in [-0.25, -0.2) is 13.2 Å². The summed E-state index contributed by atoms with van der Waals surface area (Å²) < 4.78 is 25.3. The van der Waals surface area contributed by atoms with E-state index in [1.165, 1.54) is 6.07 Å². The van der Waals surface area contributed by atoms with Crippen LogP contribution in [0.15, 0.2) is 12.1 Å². The third kappa shape index (κ3) is 3.30. The molecule has 0 saturated heterocycles. The predicted molar refractivity (Wildman–Crippen MR) is 75.0 cm³/mol. The van der Waals surface area contributed by atoms with E-state index in [0.29, 0.717) is 22.0 Å². The summed E-state index contributed by atoms with van der Waals surface area (Å²) in [6.45, 7) is 3.67. The molecular formula is C11H14ClN3O3S. The van der Waals surface area contributed by atoms with E-state index in [9.17, 15) is 13.2 Å². The molecule has 0 bridgehead atoms. The van der Waals surface area contributed by atoms with Crippen molar-refractivity contribution in [3.05, 3.63) is 22.7 Å². The highest BCUT2D eigenvalue weighted by Crippen LogP contribution is 2.35. The van der Waals surface area contributed by atoms with Crippen LogP contribution in [-0.4, -0.2) is 20.5 Å². The molecule has 1 aliphatic rings. The number of carbonyl (C=O) groups excluding carboxylic acids is 1. The Morgan fingerprint density at radius 2 is 2.11 bits per heavy atom. The van der Waals surface area contributed by atoms with E-state index in [4.69, 9.17) is 11.6 Å². The predicted octanol–water partition coefficient (Wildman–Crippen LogP) is 2.13. The van der Waals surface area contributed by atoms with Crippen LogP contribution in [0.2, 0.25) is 5.02 Å². The fourth-order valence-corrected chi connectivity index (χ4v) is 3.42. The van der Waals surface area contributed by atoms with E-state index < -0.39 is 10.0 Å². The SMILES string of the molecule is CC(C)NC(=O)Nc1cc(Cl)c2c(c1)NS(=O)(=O)C2. The van der Waals surface area contributed by atoms with Crippen LogP contribution in [0.3, 0.4) is 0 Å². The Balaban J connectivity index is 2.22. The Kier molecular flexibility index (Phi) is 3.60. The molecule has 3 N–H and O–H groups in total. The van der Waals surface area contributed by atoms with Crippen molar-refractivity contribution in [1.29, 1.82) is 0 Å². The maximum atomic E-state index is 11.6. The minimum atomic E-state index is -3.35. The van der Waals surface area contributed by atoms with Crippen LogP contribution in [0.5, 0.6) is 0 Å². The van der Waals surface area contributed by atoms with Crippen molar-refractivity contribution >= 4 is 39.0 Å². The number of fused-ring (bicyclic) bond motifs is 1. The van der Waals surface area contributed by atoms with E-state index in [2.05, 4.69) is 15.4 Å². The Morgan fingerprint density at radius 3 is 2.74 bits per heavy atom. The molecular weight excluding hydrogens is 290 g/mol. The molecule has 6 nitrogen and oxygen atoms in total. The fourth-order valence-electron chi connectivity index (χ4n) is 1.77. The number of nitrogens with one attached hydrogen (secondary N) is 3. The molecule has 2 rings (SSSR count). The van der Waals surface area contributed by atoms with Crippen molar-refractivity contribution in [2.24, 2.45) is 0 Å². The Labute approximate surface area is 116 Å². The van der Waals surface area contributed by atoms with E-state index in [-0.39, 0.29) is 17.8 Å². The van der Waals surface area contributed by atoms with Gasteiger partial charge in [-0.15, -0.1) is 0 Å². The van der Waals surface area contributed by atoms with Gasteiger partial charge in [-0.3, -0.25) is 4.72 Å². The average Bonchev–Trinajstić information content (AvgIpc) is 2.51. The van der Waals surface area contributed by atoms with Crippen LogP contribution < -0.4 is 15.4 Å². The van der Waals surface area contributed by atoms with Crippen LogP contribution in [0.4, 0.5) is 16.2 Å². The zero-order valence-electron chi connectivity index (χ0n) is 10.5. The van der Waals surface area contributed by atoms with Gasteiger partial charge >= 0.3 is 6.03 Å². The highest BCUT2D eigenvalue weighted by molar-refractivity contribution is 7.92. The van der Waals surface area contributed by atoms with Gasteiger partial charge in [-0.05, 0) is 26.0 Å². The lowest BCUT2D eigenvalue weighted by Crippen LogP contribution is -2.34. The number of halogens is 1.